The highest BCUT2D eigenvalue weighted by molar-refractivity contribution is 5.99. The summed E-state index contributed by atoms with van der Waals surface area (Å²) in [5.41, 5.74) is 3.35. The van der Waals surface area contributed by atoms with Crippen LogP contribution in [0, 0.1) is 0 Å². The molecule has 0 fully saturated rings. The molecule has 1 amide bonds. The van der Waals surface area contributed by atoms with Crippen molar-refractivity contribution in [3.8, 4) is 0 Å². The van der Waals surface area contributed by atoms with Crippen molar-refractivity contribution in [2.45, 2.75) is 6.42 Å². The third-order valence-corrected chi connectivity index (χ3v) is 3.94. The molecule has 4 heterocycles. The summed E-state index contributed by atoms with van der Waals surface area (Å²) in [6, 6.07) is 5.88. The largest absolute Gasteiger partial charge is 0.351 e. The number of carbonyl (C=O) groups is 1. The van der Waals surface area contributed by atoms with E-state index in [0.717, 1.165) is 17.0 Å². The topological polar surface area (TPSA) is 68.6 Å². The number of imidazole rings is 2. The van der Waals surface area contributed by atoms with E-state index in [1.807, 2.05) is 59.0 Å². The zero-order valence-corrected chi connectivity index (χ0v) is 12.7. The summed E-state index contributed by atoms with van der Waals surface area (Å²) in [5.74, 6) is -0.115. The lowest BCUT2D eigenvalue weighted by Gasteiger charge is -2.05. The first-order valence-corrected chi connectivity index (χ1v) is 7.42. The summed E-state index contributed by atoms with van der Waals surface area (Å²) < 4.78 is 5.60. The van der Waals surface area contributed by atoms with Gasteiger partial charge in [-0.2, -0.15) is 5.10 Å². The van der Waals surface area contributed by atoms with Crippen LogP contribution in [-0.2, 0) is 13.5 Å². The number of rotatable bonds is 4. The highest BCUT2D eigenvalue weighted by Gasteiger charge is 2.14. The van der Waals surface area contributed by atoms with E-state index in [1.165, 1.54) is 0 Å². The standard InChI is InChI=1S/C16H16N6O/c1-20-8-9-22-16(20)13(11-19-22)15(23)17-6-5-12-10-18-14-4-2-3-7-21(12)14/h2-4,7-11H,5-6H2,1H3,(H,17,23). The number of amides is 1. The maximum absolute atomic E-state index is 12.4. The Bertz CT molecular complexity index is 992. The second kappa shape index (κ2) is 5.28. The summed E-state index contributed by atoms with van der Waals surface area (Å²) >= 11 is 0. The second-order valence-corrected chi connectivity index (χ2v) is 5.42. The first kappa shape index (κ1) is 13.6. The molecule has 4 rings (SSSR count). The van der Waals surface area contributed by atoms with Gasteiger partial charge in [0.15, 0.2) is 0 Å². The average molecular weight is 308 g/mol. The van der Waals surface area contributed by atoms with Crippen LogP contribution in [-0.4, -0.2) is 36.0 Å². The molecule has 0 bridgehead atoms. The lowest BCUT2D eigenvalue weighted by atomic mass is 10.3. The van der Waals surface area contributed by atoms with Gasteiger partial charge in [-0.05, 0) is 12.1 Å². The van der Waals surface area contributed by atoms with Crippen molar-refractivity contribution in [2.75, 3.05) is 6.54 Å². The molecule has 0 unspecified atom stereocenters. The van der Waals surface area contributed by atoms with Crippen molar-refractivity contribution in [2.24, 2.45) is 7.05 Å². The van der Waals surface area contributed by atoms with Gasteiger partial charge >= 0.3 is 0 Å². The summed E-state index contributed by atoms with van der Waals surface area (Å²) in [6.45, 7) is 0.545. The van der Waals surface area contributed by atoms with E-state index in [1.54, 1.807) is 10.7 Å². The molecule has 0 aliphatic carbocycles. The Kier molecular flexibility index (Phi) is 3.11. The first-order chi connectivity index (χ1) is 11.2. The van der Waals surface area contributed by atoms with Gasteiger partial charge in [-0.25, -0.2) is 9.50 Å². The fourth-order valence-electron chi connectivity index (χ4n) is 2.78. The van der Waals surface area contributed by atoms with Gasteiger partial charge in [0.05, 0.1) is 6.20 Å². The SMILES string of the molecule is Cn1ccn2ncc(C(=O)NCCc3cnc4ccccn34)c12. The zero-order chi connectivity index (χ0) is 15.8. The normalized spacial score (nSPS) is 11.3. The quantitative estimate of drug-likeness (QED) is 0.618. The van der Waals surface area contributed by atoms with E-state index in [0.29, 0.717) is 18.5 Å². The Labute approximate surface area is 132 Å². The van der Waals surface area contributed by atoms with E-state index in [2.05, 4.69) is 15.4 Å². The molecule has 116 valence electrons. The van der Waals surface area contributed by atoms with E-state index in [9.17, 15) is 4.79 Å². The maximum Gasteiger partial charge on any atom is 0.256 e. The van der Waals surface area contributed by atoms with Gasteiger partial charge in [0.1, 0.15) is 16.9 Å². The Morgan fingerprint density at radius 1 is 1.22 bits per heavy atom. The molecule has 1 N–H and O–H groups in total. The summed E-state index contributed by atoms with van der Waals surface area (Å²) in [5, 5.41) is 7.13. The number of pyridine rings is 1. The van der Waals surface area contributed by atoms with Crippen LogP contribution >= 0.6 is 0 Å². The van der Waals surface area contributed by atoms with Gasteiger partial charge in [0.25, 0.3) is 5.91 Å². The molecule has 0 spiro atoms. The third kappa shape index (κ3) is 2.26. The molecule has 0 aliphatic heterocycles. The third-order valence-electron chi connectivity index (χ3n) is 3.94. The lowest BCUT2D eigenvalue weighted by molar-refractivity contribution is 0.0955. The molecule has 4 aromatic heterocycles. The van der Waals surface area contributed by atoms with E-state index < -0.39 is 0 Å². The molecular weight excluding hydrogens is 292 g/mol. The van der Waals surface area contributed by atoms with Crippen LogP contribution in [0.2, 0.25) is 0 Å². The lowest BCUT2D eigenvalue weighted by Crippen LogP contribution is -2.26. The van der Waals surface area contributed by atoms with Crippen LogP contribution < -0.4 is 5.32 Å². The predicted molar refractivity (Wildman–Crippen MR) is 85.4 cm³/mol. The summed E-state index contributed by atoms with van der Waals surface area (Å²) in [4.78, 5) is 16.7. The molecule has 0 saturated heterocycles. The van der Waals surface area contributed by atoms with Crippen LogP contribution in [0.15, 0.2) is 49.2 Å². The monoisotopic (exact) mass is 308 g/mol. The van der Waals surface area contributed by atoms with Crippen molar-refractivity contribution in [1.29, 1.82) is 0 Å². The fraction of sp³-hybridized carbons (Fsp3) is 0.188. The predicted octanol–water partition coefficient (Wildman–Crippen LogP) is 1.29. The Hall–Kier alpha value is -3.09. The van der Waals surface area contributed by atoms with Gasteiger partial charge in [-0.15, -0.1) is 0 Å². The van der Waals surface area contributed by atoms with Crippen LogP contribution in [0.4, 0.5) is 0 Å². The summed E-state index contributed by atoms with van der Waals surface area (Å²) in [6.07, 6.45) is 9.83. The zero-order valence-electron chi connectivity index (χ0n) is 12.7. The Balaban J connectivity index is 1.47. The number of hydrogen-bond acceptors (Lipinski definition) is 3. The highest BCUT2D eigenvalue weighted by Crippen LogP contribution is 2.10. The first-order valence-electron chi connectivity index (χ1n) is 7.42. The minimum absolute atomic E-state index is 0.115. The van der Waals surface area contributed by atoms with Crippen LogP contribution in [0.5, 0.6) is 0 Å². The van der Waals surface area contributed by atoms with Gasteiger partial charge in [0, 0.05) is 50.5 Å². The molecule has 4 aromatic rings. The van der Waals surface area contributed by atoms with E-state index >= 15 is 0 Å². The molecule has 0 radical (unpaired) electrons. The van der Waals surface area contributed by atoms with Crippen molar-refractivity contribution < 1.29 is 4.79 Å². The number of aryl methyl sites for hydroxylation is 1. The number of fused-ring (bicyclic) bond motifs is 2. The minimum atomic E-state index is -0.115. The molecule has 0 saturated carbocycles. The van der Waals surface area contributed by atoms with Crippen LogP contribution in [0.25, 0.3) is 11.3 Å². The number of aromatic nitrogens is 5. The van der Waals surface area contributed by atoms with Gasteiger partial charge < -0.3 is 14.3 Å². The molecule has 7 heteroatoms. The number of nitrogens with one attached hydrogen (secondary N) is 1. The minimum Gasteiger partial charge on any atom is -0.351 e. The van der Waals surface area contributed by atoms with Crippen LogP contribution in [0.3, 0.4) is 0 Å². The van der Waals surface area contributed by atoms with E-state index in [4.69, 9.17) is 0 Å². The van der Waals surface area contributed by atoms with Gasteiger partial charge in [-0.1, -0.05) is 6.07 Å². The number of carbonyl (C=O) groups excluding carboxylic acids is 1. The van der Waals surface area contributed by atoms with Crippen LogP contribution in [0.1, 0.15) is 16.1 Å². The number of hydrogen-bond donors (Lipinski definition) is 1. The smallest absolute Gasteiger partial charge is 0.256 e. The molecule has 23 heavy (non-hydrogen) atoms. The highest BCUT2D eigenvalue weighted by atomic mass is 16.1. The Morgan fingerprint density at radius 2 is 2.13 bits per heavy atom. The molecular formula is C16H16N6O. The number of nitrogens with zero attached hydrogens (tertiary/aromatic N) is 5. The van der Waals surface area contributed by atoms with Crippen molar-refractivity contribution in [1.82, 2.24) is 28.9 Å². The molecule has 0 aromatic carbocycles. The average Bonchev–Trinajstić information content (AvgIpc) is 3.24. The maximum atomic E-state index is 12.4. The van der Waals surface area contributed by atoms with Gasteiger partial charge in [0.2, 0.25) is 0 Å². The van der Waals surface area contributed by atoms with Crippen molar-refractivity contribution >= 4 is 17.2 Å². The van der Waals surface area contributed by atoms with Crippen molar-refractivity contribution in [3.63, 3.8) is 0 Å². The fourth-order valence-corrected chi connectivity index (χ4v) is 2.78. The molecule has 0 aliphatic rings. The summed E-state index contributed by atoms with van der Waals surface area (Å²) in [7, 11) is 1.90. The Morgan fingerprint density at radius 3 is 3.04 bits per heavy atom. The van der Waals surface area contributed by atoms with Crippen molar-refractivity contribution in [3.05, 3.63) is 60.4 Å². The second-order valence-electron chi connectivity index (χ2n) is 5.42. The van der Waals surface area contributed by atoms with Gasteiger partial charge in [-0.3, -0.25) is 4.79 Å². The molecule has 0 atom stereocenters. The van der Waals surface area contributed by atoms with E-state index in [-0.39, 0.29) is 5.91 Å². The molecule has 7 nitrogen and oxygen atoms in total.